The SMILES string of the molecule is C=C(CF)Nc1ccc(-c2cccc(C)c2)cc1. The van der Waals surface area contributed by atoms with E-state index in [4.69, 9.17) is 0 Å². The molecule has 0 heterocycles. The molecule has 2 aromatic carbocycles. The standard InChI is InChI=1S/C16H16FN/c1-12-4-3-5-15(10-12)14-6-8-16(9-7-14)18-13(2)11-17/h3-10,18H,2,11H2,1H3. The summed E-state index contributed by atoms with van der Waals surface area (Å²) in [6.45, 7) is 5.09. The molecule has 0 spiro atoms. The van der Waals surface area contributed by atoms with Crippen LogP contribution in [0.2, 0.25) is 0 Å². The van der Waals surface area contributed by atoms with Gasteiger partial charge in [0.05, 0.1) is 0 Å². The Morgan fingerprint density at radius 3 is 2.44 bits per heavy atom. The van der Waals surface area contributed by atoms with Crippen molar-refractivity contribution in [1.82, 2.24) is 0 Å². The quantitative estimate of drug-likeness (QED) is 0.827. The Morgan fingerprint density at radius 1 is 1.11 bits per heavy atom. The minimum absolute atomic E-state index is 0.373. The molecule has 0 bridgehead atoms. The Morgan fingerprint density at radius 2 is 1.83 bits per heavy atom. The van der Waals surface area contributed by atoms with Crippen LogP contribution in [0.3, 0.4) is 0 Å². The van der Waals surface area contributed by atoms with Crippen LogP contribution in [0.5, 0.6) is 0 Å². The van der Waals surface area contributed by atoms with Crippen LogP contribution in [0.1, 0.15) is 5.56 Å². The summed E-state index contributed by atoms with van der Waals surface area (Å²) in [6.07, 6.45) is 0. The molecular formula is C16H16FN. The third kappa shape index (κ3) is 2.98. The fourth-order valence-electron chi connectivity index (χ4n) is 1.81. The zero-order valence-corrected chi connectivity index (χ0v) is 10.4. The minimum Gasteiger partial charge on any atom is -0.357 e. The maximum absolute atomic E-state index is 12.3. The van der Waals surface area contributed by atoms with Crippen molar-refractivity contribution in [3.8, 4) is 11.1 Å². The first-order chi connectivity index (χ1) is 8.69. The van der Waals surface area contributed by atoms with Crippen molar-refractivity contribution in [1.29, 1.82) is 0 Å². The predicted octanol–water partition coefficient (Wildman–Crippen LogP) is 4.56. The van der Waals surface area contributed by atoms with Crippen molar-refractivity contribution in [3.63, 3.8) is 0 Å². The van der Waals surface area contributed by atoms with Crippen molar-refractivity contribution >= 4 is 5.69 Å². The second-order valence-electron chi connectivity index (χ2n) is 4.31. The van der Waals surface area contributed by atoms with Gasteiger partial charge in [0.25, 0.3) is 0 Å². The minimum atomic E-state index is -0.556. The van der Waals surface area contributed by atoms with E-state index < -0.39 is 6.67 Å². The van der Waals surface area contributed by atoms with Gasteiger partial charge in [0, 0.05) is 11.4 Å². The van der Waals surface area contributed by atoms with Gasteiger partial charge in [-0.15, -0.1) is 0 Å². The number of alkyl halides is 1. The molecule has 92 valence electrons. The van der Waals surface area contributed by atoms with E-state index in [1.54, 1.807) is 0 Å². The summed E-state index contributed by atoms with van der Waals surface area (Å²) in [5.41, 5.74) is 4.80. The fourth-order valence-corrected chi connectivity index (χ4v) is 1.81. The number of aryl methyl sites for hydroxylation is 1. The van der Waals surface area contributed by atoms with Crippen molar-refractivity contribution < 1.29 is 4.39 Å². The molecule has 2 rings (SSSR count). The highest BCUT2D eigenvalue weighted by atomic mass is 19.1. The van der Waals surface area contributed by atoms with Crippen LogP contribution in [0.15, 0.2) is 60.8 Å². The van der Waals surface area contributed by atoms with Gasteiger partial charge in [-0.3, -0.25) is 0 Å². The van der Waals surface area contributed by atoms with E-state index in [1.165, 1.54) is 11.1 Å². The molecule has 1 N–H and O–H groups in total. The lowest BCUT2D eigenvalue weighted by molar-refractivity contribution is 0.546. The second kappa shape index (κ2) is 5.50. The van der Waals surface area contributed by atoms with Crippen molar-refractivity contribution in [2.75, 3.05) is 12.0 Å². The molecule has 0 radical (unpaired) electrons. The molecule has 0 saturated heterocycles. The van der Waals surface area contributed by atoms with Crippen LogP contribution in [-0.4, -0.2) is 6.67 Å². The number of halogens is 1. The van der Waals surface area contributed by atoms with Gasteiger partial charge < -0.3 is 5.32 Å². The summed E-state index contributed by atoms with van der Waals surface area (Å²) in [5.74, 6) is 0. The van der Waals surface area contributed by atoms with E-state index >= 15 is 0 Å². The van der Waals surface area contributed by atoms with Crippen LogP contribution >= 0.6 is 0 Å². The van der Waals surface area contributed by atoms with Crippen LogP contribution in [0.25, 0.3) is 11.1 Å². The Hall–Kier alpha value is -2.09. The summed E-state index contributed by atoms with van der Waals surface area (Å²) >= 11 is 0. The number of allylic oxidation sites excluding steroid dienone is 1. The van der Waals surface area contributed by atoms with Crippen molar-refractivity contribution in [2.45, 2.75) is 6.92 Å². The van der Waals surface area contributed by atoms with E-state index in [0.717, 1.165) is 11.3 Å². The van der Waals surface area contributed by atoms with Gasteiger partial charge in [0.2, 0.25) is 0 Å². The van der Waals surface area contributed by atoms with Gasteiger partial charge in [-0.05, 0) is 30.2 Å². The Labute approximate surface area is 107 Å². The first-order valence-corrected chi connectivity index (χ1v) is 5.87. The molecule has 0 saturated carbocycles. The molecule has 18 heavy (non-hydrogen) atoms. The molecule has 0 unspecified atom stereocenters. The number of hydrogen-bond acceptors (Lipinski definition) is 1. The first kappa shape index (κ1) is 12.4. The molecule has 1 nitrogen and oxygen atoms in total. The van der Waals surface area contributed by atoms with Crippen molar-refractivity contribution in [2.24, 2.45) is 0 Å². The lowest BCUT2D eigenvalue weighted by atomic mass is 10.0. The average Bonchev–Trinajstić information content (AvgIpc) is 2.39. The van der Waals surface area contributed by atoms with E-state index in [-0.39, 0.29) is 0 Å². The van der Waals surface area contributed by atoms with Crippen LogP contribution in [0, 0.1) is 6.92 Å². The van der Waals surface area contributed by atoms with Crippen LogP contribution in [-0.2, 0) is 0 Å². The summed E-state index contributed by atoms with van der Waals surface area (Å²) in [5, 5.41) is 2.91. The fraction of sp³-hybridized carbons (Fsp3) is 0.125. The average molecular weight is 241 g/mol. The predicted molar refractivity (Wildman–Crippen MR) is 75.4 cm³/mol. The summed E-state index contributed by atoms with van der Waals surface area (Å²) < 4.78 is 12.3. The molecule has 0 aliphatic heterocycles. The number of benzene rings is 2. The topological polar surface area (TPSA) is 12.0 Å². The molecule has 0 fully saturated rings. The molecule has 2 heteroatoms. The molecule has 0 atom stereocenters. The molecule has 2 aromatic rings. The number of hydrogen-bond donors (Lipinski definition) is 1. The normalized spacial score (nSPS) is 10.1. The highest BCUT2D eigenvalue weighted by Crippen LogP contribution is 2.22. The smallest absolute Gasteiger partial charge is 0.129 e. The molecule has 0 aromatic heterocycles. The Kier molecular flexibility index (Phi) is 3.78. The summed E-state index contributed by atoms with van der Waals surface area (Å²) in [7, 11) is 0. The highest BCUT2D eigenvalue weighted by molar-refractivity contribution is 5.67. The zero-order chi connectivity index (χ0) is 13.0. The Bertz CT molecular complexity index is 543. The lowest BCUT2D eigenvalue weighted by Crippen LogP contribution is -1.98. The van der Waals surface area contributed by atoms with E-state index in [2.05, 4.69) is 37.0 Å². The van der Waals surface area contributed by atoms with E-state index in [9.17, 15) is 4.39 Å². The van der Waals surface area contributed by atoms with Gasteiger partial charge in [0.15, 0.2) is 0 Å². The first-order valence-electron chi connectivity index (χ1n) is 5.87. The zero-order valence-electron chi connectivity index (χ0n) is 10.4. The number of rotatable bonds is 4. The maximum atomic E-state index is 12.3. The van der Waals surface area contributed by atoms with Gasteiger partial charge in [-0.25, -0.2) is 4.39 Å². The van der Waals surface area contributed by atoms with Gasteiger partial charge in [0.1, 0.15) is 6.67 Å². The maximum Gasteiger partial charge on any atom is 0.129 e. The highest BCUT2D eigenvalue weighted by Gasteiger charge is 1.99. The van der Waals surface area contributed by atoms with E-state index in [0.29, 0.717) is 5.70 Å². The Balaban J connectivity index is 2.19. The van der Waals surface area contributed by atoms with Crippen molar-refractivity contribution in [3.05, 3.63) is 66.4 Å². The molecule has 0 amide bonds. The number of nitrogens with one attached hydrogen (secondary N) is 1. The van der Waals surface area contributed by atoms with E-state index in [1.807, 2.05) is 30.3 Å². The van der Waals surface area contributed by atoms with Crippen LogP contribution in [0.4, 0.5) is 10.1 Å². The second-order valence-corrected chi connectivity index (χ2v) is 4.31. The third-order valence-corrected chi connectivity index (χ3v) is 2.72. The molecule has 0 aliphatic rings. The van der Waals surface area contributed by atoms with Gasteiger partial charge >= 0.3 is 0 Å². The molecular weight excluding hydrogens is 225 g/mol. The third-order valence-electron chi connectivity index (χ3n) is 2.72. The summed E-state index contributed by atoms with van der Waals surface area (Å²) in [6, 6.07) is 16.2. The lowest BCUT2D eigenvalue weighted by Gasteiger charge is -2.08. The van der Waals surface area contributed by atoms with Crippen LogP contribution < -0.4 is 5.32 Å². The largest absolute Gasteiger partial charge is 0.357 e. The molecule has 0 aliphatic carbocycles. The van der Waals surface area contributed by atoms with Gasteiger partial charge in [-0.1, -0.05) is 48.5 Å². The van der Waals surface area contributed by atoms with Gasteiger partial charge in [-0.2, -0.15) is 0 Å². The monoisotopic (exact) mass is 241 g/mol. The summed E-state index contributed by atoms with van der Waals surface area (Å²) in [4.78, 5) is 0. The number of anilines is 1.